The Labute approximate surface area is 194 Å². The molecule has 2 aromatic carbocycles. The number of hydrogen-bond donors (Lipinski definition) is 2. The van der Waals surface area contributed by atoms with Gasteiger partial charge in [-0.3, -0.25) is 4.79 Å². The lowest BCUT2D eigenvalue weighted by Gasteiger charge is -2.19. The molecule has 3 aromatic rings. The van der Waals surface area contributed by atoms with Gasteiger partial charge in [0.1, 0.15) is 0 Å². The summed E-state index contributed by atoms with van der Waals surface area (Å²) in [5.74, 6) is 0. The van der Waals surface area contributed by atoms with Gasteiger partial charge in [0.25, 0.3) is 5.56 Å². The van der Waals surface area contributed by atoms with E-state index >= 15 is 0 Å². The fourth-order valence-corrected chi connectivity index (χ4v) is 4.63. The zero-order valence-corrected chi connectivity index (χ0v) is 19.1. The summed E-state index contributed by atoms with van der Waals surface area (Å²) >= 11 is 6.04. The van der Waals surface area contributed by atoms with Crippen molar-refractivity contribution in [1.29, 1.82) is 0 Å². The highest BCUT2D eigenvalue weighted by molar-refractivity contribution is 6.30. The van der Waals surface area contributed by atoms with Crippen LogP contribution in [-0.4, -0.2) is 41.1 Å². The third-order valence-corrected chi connectivity index (χ3v) is 6.37. The van der Waals surface area contributed by atoms with E-state index in [-0.39, 0.29) is 30.6 Å². The van der Waals surface area contributed by atoms with Crippen LogP contribution >= 0.6 is 11.6 Å². The number of aliphatic hydroxyl groups is 1. The third-order valence-electron chi connectivity index (χ3n) is 6.12. The number of halogens is 2. The van der Waals surface area contributed by atoms with Crippen molar-refractivity contribution in [3.05, 3.63) is 75.2 Å². The first kappa shape index (κ1) is 23.7. The summed E-state index contributed by atoms with van der Waals surface area (Å²) in [4.78, 5) is 14.8. The lowest BCUT2D eigenvalue weighted by molar-refractivity contribution is -0.899. The molecule has 1 fully saturated rings. The number of quaternary nitrogens is 1. The largest absolute Gasteiger partial charge is 1.00 e. The van der Waals surface area contributed by atoms with Gasteiger partial charge in [-0.1, -0.05) is 41.9 Å². The molecule has 1 aliphatic rings. The molecule has 1 aromatic heterocycles. The van der Waals surface area contributed by atoms with Crippen LogP contribution in [0, 0.1) is 0 Å². The number of aliphatic hydroxyl groups excluding tert-OH is 1. The van der Waals surface area contributed by atoms with Crippen molar-refractivity contribution in [1.82, 2.24) is 9.78 Å². The van der Waals surface area contributed by atoms with Gasteiger partial charge >= 0.3 is 0 Å². The Morgan fingerprint density at radius 1 is 1.06 bits per heavy atom. The topological polar surface area (TPSA) is 59.6 Å². The summed E-state index contributed by atoms with van der Waals surface area (Å²) in [6.45, 7) is 3.34. The van der Waals surface area contributed by atoms with Crippen molar-refractivity contribution in [2.75, 3.05) is 26.2 Å². The highest BCUT2D eigenvalue weighted by atomic mass is 35.5. The first-order chi connectivity index (χ1) is 14.7. The number of hydrogen-bond acceptors (Lipinski definition) is 3. The molecule has 1 aliphatic heterocycles. The van der Waals surface area contributed by atoms with Crippen LogP contribution < -0.4 is 22.9 Å². The van der Waals surface area contributed by atoms with Gasteiger partial charge in [-0.15, -0.1) is 0 Å². The Balaban J connectivity index is 0.00000272. The van der Waals surface area contributed by atoms with E-state index in [0.717, 1.165) is 67.3 Å². The second-order valence-electron chi connectivity index (χ2n) is 8.21. The van der Waals surface area contributed by atoms with Crippen LogP contribution in [0.2, 0.25) is 5.02 Å². The maximum atomic E-state index is 13.3. The standard InChI is InChI=1S/C24H28ClN3O2.ClH/c25-19-10-8-18(9-11-19)17-23-21-6-1-2-7-22(21)24(30)28(26-23)20-5-3-13-27(15-12-20)14-4-16-29;/h1-2,6-11,20,29H,3-5,12-17H2;1H. The molecule has 0 bridgehead atoms. The van der Waals surface area contributed by atoms with Gasteiger partial charge in [0.15, 0.2) is 0 Å². The van der Waals surface area contributed by atoms with Crippen LogP contribution in [0.4, 0.5) is 0 Å². The Morgan fingerprint density at radius 2 is 1.81 bits per heavy atom. The van der Waals surface area contributed by atoms with Crippen molar-refractivity contribution in [3.8, 4) is 0 Å². The summed E-state index contributed by atoms with van der Waals surface area (Å²) in [6.07, 6.45) is 4.47. The first-order valence-electron chi connectivity index (χ1n) is 10.8. The molecule has 1 saturated heterocycles. The maximum absolute atomic E-state index is 13.3. The molecule has 2 heterocycles. The Bertz CT molecular complexity index is 1050. The first-order valence-corrected chi connectivity index (χ1v) is 11.2. The zero-order chi connectivity index (χ0) is 20.9. The third kappa shape index (κ3) is 5.66. The van der Waals surface area contributed by atoms with E-state index in [9.17, 15) is 4.79 Å². The molecule has 2 atom stereocenters. The Hall–Kier alpha value is -1.92. The molecule has 5 nitrogen and oxygen atoms in total. The van der Waals surface area contributed by atoms with Crippen LogP contribution in [0.5, 0.6) is 0 Å². The number of aromatic nitrogens is 2. The van der Waals surface area contributed by atoms with Crippen molar-refractivity contribution in [2.45, 2.75) is 38.1 Å². The summed E-state index contributed by atoms with van der Waals surface area (Å²) in [5.41, 5.74) is 2.07. The van der Waals surface area contributed by atoms with E-state index in [0.29, 0.717) is 11.4 Å². The Morgan fingerprint density at radius 3 is 2.55 bits per heavy atom. The van der Waals surface area contributed by atoms with Crippen molar-refractivity contribution < 1.29 is 22.4 Å². The molecule has 0 radical (unpaired) electrons. The lowest BCUT2D eigenvalue weighted by Crippen LogP contribution is -3.11. The summed E-state index contributed by atoms with van der Waals surface area (Å²) in [7, 11) is 0. The van der Waals surface area contributed by atoms with E-state index in [1.165, 1.54) is 4.90 Å². The molecule has 0 aliphatic carbocycles. The molecule has 7 heteroatoms. The number of benzene rings is 2. The van der Waals surface area contributed by atoms with Crippen LogP contribution in [0.1, 0.15) is 43.0 Å². The minimum Gasteiger partial charge on any atom is -1.00 e. The van der Waals surface area contributed by atoms with Gasteiger partial charge in [-0.25, -0.2) is 4.68 Å². The van der Waals surface area contributed by atoms with Crippen molar-refractivity contribution in [2.24, 2.45) is 0 Å². The van der Waals surface area contributed by atoms with Gasteiger partial charge in [-0.05, 0) is 36.6 Å². The smallest absolute Gasteiger partial charge is 0.274 e. The Kier molecular flexibility index (Phi) is 8.50. The lowest BCUT2D eigenvalue weighted by atomic mass is 10.0. The minimum atomic E-state index is 0. The predicted octanol–water partition coefficient (Wildman–Crippen LogP) is -0.363. The zero-order valence-electron chi connectivity index (χ0n) is 17.6. The number of rotatable bonds is 6. The van der Waals surface area contributed by atoms with Crippen LogP contribution in [-0.2, 0) is 6.42 Å². The predicted molar refractivity (Wildman–Crippen MR) is 120 cm³/mol. The van der Waals surface area contributed by atoms with Crippen LogP contribution in [0.3, 0.4) is 0 Å². The van der Waals surface area contributed by atoms with E-state index in [1.54, 1.807) is 4.68 Å². The SMILES string of the molecule is O=c1c2ccccc2c(Cc2ccc(Cl)cc2)nn1C1CCC[NH+](CCCO)CC1.[Cl-]. The van der Waals surface area contributed by atoms with Gasteiger partial charge in [0, 0.05) is 36.3 Å². The van der Waals surface area contributed by atoms with Gasteiger partial charge < -0.3 is 22.4 Å². The van der Waals surface area contributed by atoms with E-state index < -0.39 is 0 Å². The molecular weight excluding hydrogens is 433 g/mol. The van der Waals surface area contributed by atoms with Gasteiger partial charge in [0.2, 0.25) is 0 Å². The number of nitrogens with zero attached hydrogens (tertiary/aromatic N) is 2. The highest BCUT2D eigenvalue weighted by Gasteiger charge is 2.23. The average Bonchev–Trinajstić information content (AvgIpc) is 3.01. The molecule has 0 spiro atoms. The van der Waals surface area contributed by atoms with Crippen LogP contribution in [0.15, 0.2) is 53.3 Å². The second-order valence-corrected chi connectivity index (χ2v) is 8.64. The minimum absolute atomic E-state index is 0. The number of likely N-dealkylation sites (tertiary alicyclic amines) is 1. The molecule has 166 valence electrons. The molecule has 0 saturated carbocycles. The molecule has 2 unspecified atom stereocenters. The summed E-state index contributed by atoms with van der Waals surface area (Å²) in [5, 5.41) is 16.4. The van der Waals surface area contributed by atoms with Crippen molar-refractivity contribution in [3.63, 3.8) is 0 Å². The van der Waals surface area contributed by atoms with E-state index in [1.807, 2.05) is 48.5 Å². The maximum Gasteiger partial charge on any atom is 0.274 e. The fourth-order valence-electron chi connectivity index (χ4n) is 4.50. The van der Waals surface area contributed by atoms with Gasteiger partial charge in [-0.2, -0.15) is 5.10 Å². The quantitative estimate of drug-likeness (QED) is 0.526. The summed E-state index contributed by atoms with van der Waals surface area (Å²) < 4.78 is 1.75. The molecular formula is C24H29Cl2N3O2. The van der Waals surface area contributed by atoms with Crippen LogP contribution in [0.25, 0.3) is 10.8 Å². The molecule has 4 rings (SSSR count). The average molecular weight is 462 g/mol. The van der Waals surface area contributed by atoms with E-state index in [4.69, 9.17) is 21.8 Å². The normalized spacial score (nSPS) is 19.0. The molecule has 2 N–H and O–H groups in total. The monoisotopic (exact) mass is 461 g/mol. The highest BCUT2D eigenvalue weighted by Crippen LogP contribution is 2.22. The summed E-state index contributed by atoms with van der Waals surface area (Å²) in [6, 6.07) is 15.7. The number of nitrogens with one attached hydrogen (secondary N) is 1. The second kappa shape index (κ2) is 11.1. The fraction of sp³-hybridized carbons (Fsp3) is 0.417. The van der Waals surface area contributed by atoms with Crippen molar-refractivity contribution >= 4 is 22.4 Å². The molecule has 31 heavy (non-hydrogen) atoms. The van der Waals surface area contributed by atoms with E-state index in [2.05, 4.69) is 0 Å². The molecule has 0 amide bonds. The number of fused-ring (bicyclic) bond motifs is 1. The van der Waals surface area contributed by atoms with Gasteiger partial charge in [0.05, 0.1) is 36.8 Å².